The molecule has 6 heteroatoms. The number of hydrogen-bond donors (Lipinski definition) is 1. The Bertz CT molecular complexity index is 149. The van der Waals surface area contributed by atoms with Gasteiger partial charge in [0.05, 0.1) is 6.23 Å². The van der Waals surface area contributed by atoms with E-state index in [0.717, 1.165) is 11.7 Å². The molecule has 0 aromatic rings. The summed E-state index contributed by atoms with van der Waals surface area (Å²) in [5, 5.41) is 9.38. The monoisotopic (exact) mass is 238 g/mol. The van der Waals surface area contributed by atoms with E-state index in [1.165, 1.54) is 0 Å². The molecule has 0 saturated carbocycles. The second-order valence-electron chi connectivity index (χ2n) is 3.62. The molecule has 0 fully saturated rings. The van der Waals surface area contributed by atoms with Gasteiger partial charge in [0.2, 0.25) is 8.32 Å². The third kappa shape index (κ3) is 3.45. The van der Waals surface area contributed by atoms with E-state index in [1.54, 1.807) is 21.3 Å². The number of aliphatic hydroxyl groups is 1. The van der Waals surface area contributed by atoms with Gasteiger partial charge in [-0.1, -0.05) is 6.92 Å². The van der Waals surface area contributed by atoms with E-state index in [1.807, 2.05) is 13.5 Å². The maximum absolute atomic E-state index is 9.38. The smallest absolute Gasteiger partial charge is 0.334 e. The van der Waals surface area contributed by atoms with Crippen molar-refractivity contribution in [3.05, 3.63) is 0 Å². The summed E-state index contributed by atoms with van der Waals surface area (Å²) in [7, 11) is 0.855. The summed E-state index contributed by atoms with van der Waals surface area (Å²) < 4.78 is 16.3. The first-order chi connectivity index (χ1) is 6.51. The van der Waals surface area contributed by atoms with E-state index in [0.29, 0.717) is 0 Å². The Morgan fingerprint density at radius 1 is 1.07 bits per heavy atom. The summed E-state index contributed by atoms with van der Waals surface area (Å²) in [4.78, 5) is 0. The second kappa shape index (κ2) is 5.99. The van der Waals surface area contributed by atoms with E-state index >= 15 is 0 Å². The Morgan fingerprint density at radius 3 is 1.79 bits per heavy atom. The number of rotatable bonds is 7. The molecule has 0 heterocycles. The van der Waals surface area contributed by atoms with Crippen LogP contribution in [0.3, 0.4) is 0 Å². The third-order valence-corrected chi connectivity index (χ3v) is 12.5. The zero-order valence-electron chi connectivity index (χ0n) is 9.79. The highest BCUT2D eigenvalue weighted by Gasteiger charge is 2.43. The van der Waals surface area contributed by atoms with Crippen LogP contribution in [0, 0.1) is 0 Å². The van der Waals surface area contributed by atoms with Gasteiger partial charge in [0.15, 0.2) is 0 Å². The van der Waals surface area contributed by atoms with Gasteiger partial charge in [-0.2, -0.15) is 0 Å². The molecule has 1 unspecified atom stereocenters. The van der Waals surface area contributed by atoms with Crippen LogP contribution in [0.5, 0.6) is 0 Å². The molecule has 0 aliphatic carbocycles. The molecule has 1 atom stereocenters. The number of aliphatic hydroxyl groups excluding tert-OH is 1. The molecule has 4 nitrogen and oxygen atoms in total. The third-order valence-electron chi connectivity index (χ3n) is 2.87. The standard InChI is InChI=1S/C8H22O4Si2/c1-6-14(7-9,12-4)8-13(5,10-2)11-3/h9H,6-8H2,1-5H3. The molecular formula is C8H22O4Si2. The minimum Gasteiger partial charge on any atom is -0.418 e. The van der Waals surface area contributed by atoms with Gasteiger partial charge in [0, 0.05) is 27.0 Å². The van der Waals surface area contributed by atoms with Crippen LogP contribution in [-0.2, 0) is 13.3 Å². The van der Waals surface area contributed by atoms with E-state index in [2.05, 4.69) is 0 Å². The van der Waals surface area contributed by atoms with Crippen molar-refractivity contribution in [2.75, 3.05) is 27.6 Å². The zero-order chi connectivity index (χ0) is 11.2. The molecule has 86 valence electrons. The van der Waals surface area contributed by atoms with Crippen molar-refractivity contribution in [3.63, 3.8) is 0 Å². The summed E-state index contributed by atoms with van der Waals surface area (Å²) in [6, 6.07) is 0.884. The average Bonchev–Trinajstić information content (AvgIpc) is 2.26. The molecule has 0 aromatic heterocycles. The van der Waals surface area contributed by atoms with Crippen LogP contribution in [0.15, 0.2) is 0 Å². The molecule has 0 aliphatic rings. The van der Waals surface area contributed by atoms with Crippen molar-refractivity contribution in [2.45, 2.75) is 25.2 Å². The Morgan fingerprint density at radius 2 is 1.57 bits per heavy atom. The molecule has 0 saturated heterocycles. The fourth-order valence-corrected chi connectivity index (χ4v) is 10.1. The fourth-order valence-electron chi connectivity index (χ4n) is 1.39. The summed E-state index contributed by atoms with van der Waals surface area (Å²) >= 11 is 0. The SMILES string of the molecule is CC[Si](CO)(C[Si](C)(OC)OC)OC. The maximum Gasteiger partial charge on any atom is 0.334 e. The van der Waals surface area contributed by atoms with Crippen LogP contribution in [0.2, 0.25) is 18.3 Å². The lowest BCUT2D eigenvalue weighted by molar-refractivity contribution is 0.246. The maximum atomic E-state index is 9.38. The van der Waals surface area contributed by atoms with Crippen molar-refractivity contribution in [1.82, 2.24) is 0 Å². The number of hydrogen-bond acceptors (Lipinski definition) is 4. The van der Waals surface area contributed by atoms with Crippen LogP contribution < -0.4 is 0 Å². The second-order valence-corrected chi connectivity index (χ2v) is 11.9. The first kappa shape index (κ1) is 14.3. The minimum atomic E-state index is -2.12. The van der Waals surface area contributed by atoms with Crippen molar-refractivity contribution in [2.24, 2.45) is 0 Å². The average molecular weight is 238 g/mol. The van der Waals surface area contributed by atoms with Gasteiger partial charge >= 0.3 is 8.56 Å². The van der Waals surface area contributed by atoms with Crippen LogP contribution in [0.4, 0.5) is 0 Å². The fraction of sp³-hybridized carbons (Fsp3) is 1.00. The first-order valence-corrected chi connectivity index (χ1v) is 9.83. The molecule has 14 heavy (non-hydrogen) atoms. The van der Waals surface area contributed by atoms with Gasteiger partial charge in [0.1, 0.15) is 0 Å². The van der Waals surface area contributed by atoms with E-state index in [-0.39, 0.29) is 6.23 Å². The topological polar surface area (TPSA) is 47.9 Å². The van der Waals surface area contributed by atoms with Crippen LogP contribution in [-0.4, -0.2) is 49.5 Å². The van der Waals surface area contributed by atoms with Crippen LogP contribution in [0.1, 0.15) is 6.92 Å². The van der Waals surface area contributed by atoms with Gasteiger partial charge in [-0.3, -0.25) is 0 Å². The van der Waals surface area contributed by atoms with E-state index in [9.17, 15) is 5.11 Å². The Kier molecular flexibility index (Phi) is 6.11. The highest BCUT2D eigenvalue weighted by atomic mass is 28.4. The summed E-state index contributed by atoms with van der Waals surface area (Å²) in [5.41, 5.74) is 0.774. The molecule has 1 N–H and O–H groups in total. The van der Waals surface area contributed by atoms with Gasteiger partial charge in [-0.25, -0.2) is 0 Å². The largest absolute Gasteiger partial charge is 0.418 e. The zero-order valence-corrected chi connectivity index (χ0v) is 11.8. The van der Waals surface area contributed by atoms with Crippen molar-refractivity contribution in [1.29, 1.82) is 0 Å². The minimum absolute atomic E-state index is 0.134. The van der Waals surface area contributed by atoms with Gasteiger partial charge in [-0.15, -0.1) is 0 Å². The molecule has 0 radical (unpaired) electrons. The molecule has 0 bridgehead atoms. The van der Waals surface area contributed by atoms with Crippen LogP contribution in [0.25, 0.3) is 0 Å². The molecule has 0 aliphatic heterocycles. The normalized spacial score (nSPS) is 16.7. The van der Waals surface area contributed by atoms with Gasteiger partial charge < -0.3 is 18.4 Å². The van der Waals surface area contributed by atoms with Gasteiger partial charge in [-0.05, 0) is 12.6 Å². The highest BCUT2D eigenvalue weighted by molar-refractivity contribution is 6.88. The van der Waals surface area contributed by atoms with Crippen molar-refractivity contribution >= 4 is 16.9 Å². The molecule has 0 amide bonds. The Hall–Kier alpha value is 0.274. The van der Waals surface area contributed by atoms with Gasteiger partial charge in [0.25, 0.3) is 0 Å². The lowest BCUT2D eigenvalue weighted by atomic mass is 11.0. The Balaban J connectivity index is 4.56. The first-order valence-electron chi connectivity index (χ1n) is 4.77. The molecule has 0 rings (SSSR count). The molecule has 0 spiro atoms. The Labute approximate surface area is 88.6 Å². The summed E-state index contributed by atoms with van der Waals surface area (Å²) in [5.74, 6) is 0. The van der Waals surface area contributed by atoms with E-state index < -0.39 is 16.9 Å². The highest BCUT2D eigenvalue weighted by Crippen LogP contribution is 2.24. The lowest BCUT2D eigenvalue weighted by Gasteiger charge is -2.33. The van der Waals surface area contributed by atoms with Crippen molar-refractivity contribution < 1.29 is 18.4 Å². The van der Waals surface area contributed by atoms with E-state index in [4.69, 9.17) is 13.3 Å². The lowest BCUT2D eigenvalue weighted by Crippen LogP contribution is -2.52. The molecule has 0 aromatic carbocycles. The predicted octanol–water partition coefficient (Wildman–Crippen LogP) is 1.03. The van der Waals surface area contributed by atoms with Crippen LogP contribution >= 0.6 is 0 Å². The summed E-state index contributed by atoms with van der Waals surface area (Å²) in [6.45, 7) is 4.05. The summed E-state index contributed by atoms with van der Waals surface area (Å²) in [6.07, 6.45) is 0.134. The quantitative estimate of drug-likeness (QED) is 0.673. The van der Waals surface area contributed by atoms with Crippen molar-refractivity contribution in [3.8, 4) is 0 Å². The predicted molar refractivity (Wildman–Crippen MR) is 60.8 cm³/mol. The molecular weight excluding hydrogens is 216 g/mol.